The van der Waals surface area contributed by atoms with Gasteiger partial charge in [0.25, 0.3) is 5.91 Å². The maximum atomic E-state index is 13.4. The van der Waals surface area contributed by atoms with Crippen LogP contribution < -0.4 is 14.8 Å². The number of nitrogens with zero attached hydrogens (tertiary/aromatic N) is 1. The van der Waals surface area contributed by atoms with Crippen LogP contribution in [0.4, 0.5) is 10.2 Å². The number of sulfonamides is 1. The van der Waals surface area contributed by atoms with Crippen molar-refractivity contribution in [3.63, 3.8) is 0 Å². The van der Waals surface area contributed by atoms with Gasteiger partial charge >= 0.3 is 0 Å². The quantitative estimate of drug-likeness (QED) is 0.492. The Morgan fingerprint density at radius 3 is 2.65 bits per heavy atom. The second-order valence-electron chi connectivity index (χ2n) is 7.22. The van der Waals surface area contributed by atoms with E-state index >= 15 is 0 Å². The molecule has 164 valence electrons. The van der Waals surface area contributed by atoms with Gasteiger partial charge in [-0.25, -0.2) is 17.5 Å². The Kier molecular flexibility index (Phi) is 6.71. The zero-order chi connectivity index (χ0) is 22.6. The Balaban J connectivity index is 1.60. The fourth-order valence-corrected chi connectivity index (χ4v) is 4.18. The molecule has 1 aromatic heterocycles. The maximum Gasteiger partial charge on any atom is 0.263 e. The third-order valence-electron chi connectivity index (χ3n) is 4.19. The number of rotatable bonds is 8. The van der Waals surface area contributed by atoms with Crippen LogP contribution in [0.2, 0.25) is 0 Å². The number of aromatic nitrogens is 2. The molecule has 0 aliphatic heterocycles. The van der Waals surface area contributed by atoms with E-state index in [4.69, 9.17) is 4.74 Å². The number of carbonyl (C=O) groups is 1. The van der Waals surface area contributed by atoms with Gasteiger partial charge in [-0.15, -0.1) is 0 Å². The second kappa shape index (κ2) is 9.27. The highest BCUT2D eigenvalue weighted by molar-refractivity contribution is 7.89. The molecule has 0 radical (unpaired) electrons. The van der Waals surface area contributed by atoms with Crippen LogP contribution in [0.1, 0.15) is 19.4 Å². The molecular formula is C21H23FN4O4S. The summed E-state index contributed by atoms with van der Waals surface area (Å²) in [6.45, 7) is 4.88. The van der Waals surface area contributed by atoms with Gasteiger partial charge in [0, 0.05) is 17.7 Å². The molecule has 3 rings (SSSR count). The van der Waals surface area contributed by atoms with Crippen LogP contribution in [-0.2, 0) is 14.8 Å². The minimum absolute atomic E-state index is 0.122. The average molecular weight is 447 g/mol. The summed E-state index contributed by atoms with van der Waals surface area (Å²) in [5.41, 5.74) is 1.73. The lowest BCUT2D eigenvalue weighted by Gasteiger charge is -2.12. The first-order valence-corrected chi connectivity index (χ1v) is 11.0. The summed E-state index contributed by atoms with van der Waals surface area (Å²) >= 11 is 0. The van der Waals surface area contributed by atoms with Gasteiger partial charge in [0.1, 0.15) is 11.6 Å². The summed E-state index contributed by atoms with van der Waals surface area (Å²) in [5.74, 6) is -0.165. The summed E-state index contributed by atoms with van der Waals surface area (Å²) in [6.07, 6.45) is 0. The predicted octanol–water partition coefficient (Wildman–Crippen LogP) is 3.23. The molecule has 3 N–H and O–H groups in total. The number of hydrogen-bond acceptors (Lipinski definition) is 5. The van der Waals surface area contributed by atoms with E-state index in [0.29, 0.717) is 22.6 Å². The van der Waals surface area contributed by atoms with Crippen molar-refractivity contribution < 1.29 is 22.3 Å². The van der Waals surface area contributed by atoms with Gasteiger partial charge in [-0.05, 0) is 56.7 Å². The normalized spacial score (nSPS) is 11.5. The molecule has 1 amide bonds. The number of H-pyrrole nitrogens is 1. The highest BCUT2D eigenvalue weighted by Gasteiger charge is 2.17. The van der Waals surface area contributed by atoms with Crippen LogP contribution in [0.25, 0.3) is 11.3 Å². The number of aromatic amines is 1. The largest absolute Gasteiger partial charge is 0.483 e. The number of amides is 1. The predicted molar refractivity (Wildman–Crippen MR) is 115 cm³/mol. The number of ether oxygens (including phenoxy) is 1. The van der Waals surface area contributed by atoms with Crippen molar-refractivity contribution in [2.45, 2.75) is 31.7 Å². The van der Waals surface area contributed by atoms with Crippen LogP contribution in [0.15, 0.2) is 53.4 Å². The third kappa shape index (κ3) is 5.89. The van der Waals surface area contributed by atoms with Crippen LogP contribution in [0, 0.1) is 12.7 Å². The van der Waals surface area contributed by atoms with Crippen LogP contribution >= 0.6 is 0 Å². The molecule has 0 unspecified atom stereocenters. The molecule has 3 aromatic rings. The number of aryl methyl sites for hydroxylation is 1. The van der Waals surface area contributed by atoms with Gasteiger partial charge in [-0.2, -0.15) is 5.10 Å². The first kappa shape index (κ1) is 22.4. The number of carbonyl (C=O) groups excluding carboxylic acids is 1. The minimum Gasteiger partial charge on any atom is -0.483 e. The number of hydrogen-bond donors (Lipinski definition) is 3. The highest BCUT2D eigenvalue weighted by atomic mass is 32.2. The SMILES string of the molecule is Cc1cc(S(=O)(=O)NC(C)C)ccc1OCC(=O)Nc1cc(-c2cccc(F)c2)[nH]n1. The third-order valence-corrected chi connectivity index (χ3v) is 5.84. The molecule has 0 bridgehead atoms. The molecule has 10 heteroatoms. The maximum absolute atomic E-state index is 13.4. The van der Waals surface area contributed by atoms with Crippen LogP contribution in [0.5, 0.6) is 5.75 Å². The van der Waals surface area contributed by atoms with E-state index in [1.54, 1.807) is 39.0 Å². The molecule has 1 heterocycles. The van der Waals surface area contributed by atoms with Gasteiger partial charge < -0.3 is 10.1 Å². The first-order valence-electron chi connectivity index (χ1n) is 9.51. The van der Waals surface area contributed by atoms with Gasteiger partial charge in [0.15, 0.2) is 12.4 Å². The average Bonchev–Trinajstić information content (AvgIpc) is 3.14. The molecule has 8 nitrogen and oxygen atoms in total. The molecule has 2 aromatic carbocycles. The molecule has 0 saturated heterocycles. The molecule has 0 aliphatic carbocycles. The molecule has 0 atom stereocenters. The molecule has 0 saturated carbocycles. The first-order chi connectivity index (χ1) is 14.6. The van der Waals surface area contributed by atoms with Crippen molar-refractivity contribution in [1.82, 2.24) is 14.9 Å². The minimum atomic E-state index is -3.61. The summed E-state index contributed by atoms with van der Waals surface area (Å²) in [5, 5.41) is 9.31. The van der Waals surface area contributed by atoms with E-state index in [1.165, 1.54) is 30.3 Å². The monoisotopic (exact) mass is 446 g/mol. The van der Waals surface area contributed by atoms with E-state index in [1.807, 2.05) is 0 Å². The molecule has 31 heavy (non-hydrogen) atoms. The van der Waals surface area contributed by atoms with Gasteiger partial charge in [0.2, 0.25) is 10.0 Å². The summed E-state index contributed by atoms with van der Waals surface area (Å²) in [4.78, 5) is 12.3. The van der Waals surface area contributed by atoms with Crippen molar-refractivity contribution >= 4 is 21.7 Å². The van der Waals surface area contributed by atoms with Crippen molar-refractivity contribution in [2.75, 3.05) is 11.9 Å². The summed E-state index contributed by atoms with van der Waals surface area (Å²) in [6, 6.07) is 11.8. The standard InChI is InChI=1S/C21H23FN4O4S/c1-13(2)26-31(28,29)17-7-8-19(14(3)9-17)30-12-21(27)23-20-11-18(24-25-20)15-5-4-6-16(22)10-15/h4-11,13,26H,12H2,1-3H3,(H2,23,24,25,27). The Labute approximate surface area is 179 Å². The van der Waals surface area contributed by atoms with Crippen LogP contribution in [-0.4, -0.2) is 37.2 Å². The zero-order valence-corrected chi connectivity index (χ0v) is 18.1. The Morgan fingerprint density at radius 2 is 1.97 bits per heavy atom. The lowest BCUT2D eigenvalue weighted by molar-refractivity contribution is -0.118. The lowest BCUT2D eigenvalue weighted by atomic mass is 10.1. The summed E-state index contributed by atoms with van der Waals surface area (Å²) in [7, 11) is -3.61. The molecule has 0 aliphatic rings. The van der Waals surface area contributed by atoms with E-state index in [9.17, 15) is 17.6 Å². The van der Waals surface area contributed by atoms with Crippen molar-refractivity contribution in [2.24, 2.45) is 0 Å². The number of nitrogens with one attached hydrogen (secondary N) is 3. The fourth-order valence-electron chi connectivity index (χ4n) is 2.84. The Hall–Kier alpha value is -3.24. The van der Waals surface area contributed by atoms with E-state index in [0.717, 1.165) is 0 Å². The van der Waals surface area contributed by atoms with Gasteiger partial charge in [-0.3, -0.25) is 9.89 Å². The number of benzene rings is 2. The smallest absolute Gasteiger partial charge is 0.263 e. The lowest BCUT2D eigenvalue weighted by Crippen LogP contribution is -2.30. The Bertz CT molecular complexity index is 1190. The molecular weight excluding hydrogens is 423 g/mol. The number of anilines is 1. The van der Waals surface area contributed by atoms with Crippen LogP contribution in [0.3, 0.4) is 0 Å². The van der Waals surface area contributed by atoms with E-state index in [2.05, 4.69) is 20.2 Å². The molecule has 0 spiro atoms. The van der Waals surface area contributed by atoms with Crippen molar-refractivity contribution in [3.8, 4) is 17.0 Å². The Morgan fingerprint density at radius 1 is 1.19 bits per heavy atom. The van der Waals surface area contributed by atoms with Gasteiger partial charge in [-0.1, -0.05) is 12.1 Å². The van der Waals surface area contributed by atoms with Gasteiger partial charge in [0.05, 0.1) is 10.6 Å². The van der Waals surface area contributed by atoms with Crippen molar-refractivity contribution in [1.29, 1.82) is 0 Å². The van der Waals surface area contributed by atoms with E-state index < -0.39 is 15.9 Å². The second-order valence-corrected chi connectivity index (χ2v) is 8.93. The van der Waals surface area contributed by atoms with E-state index in [-0.39, 0.29) is 29.2 Å². The number of halogens is 1. The van der Waals surface area contributed by atoms with Crippen molar-refractivity contribution in [3.05, 3.63) is 59.9 Å². The highest BCUT2D eigenvalue weighted by Crippen LogP contribution is 2.23. The molecule has 0 fully saturated rings. The topological polar surface area (TPSA) is 113 Å². The zero-order valence-electron chi connectivity index (χ0n) is 17.3. The fraction of sp³-hybridized carbons (Fsp3) is 0.238. The summed E-state index contributed by atoms with van der Waals surface area (Å²) < 4.78 is 45.9.